The number of hydrogen-bond donors (Lipinski definition) is 0. The smallest absolute Gasteiger partial charge is 0.162 e. The van der Waals surface area contributed by atoms with Crippen LogP contribution in [0.4, 0.5) is 0 Å². The fraction of sp³-hybridized carbons (Fsp3) is 0.211. The largest absolute Gasteiger partial charge is 0.493 e. The summed E-state index contributed by atoms with van der Waals surface area (Å²) in [6.45, 7) is 2.61. The highest BCUT2D eigenvalue weighted by Crippen LogP contribution is 2.34. The highest BCUT2D eigenvalue weighted by Gasteiger charge is 2.11. The Hall–Kier alpha value is -2.20. The van der Waals surface area contributed by atoms with Crippen LogP contribution >= 0.6 is 11.8 Å². The second-order valence-corrected chi connectivity index (χ2v) is 6.10. The van der Waals surface area contributed by atoms with Crippen LogP contribution in [0.2, 0.25) is 0 Å². The number of rotatable bonds is 5. The molecule has 1 heterocycles. The lowest BCUT2D eigenvalue weighted by Gasteiger charge is -2.13. The van der Waals surface area contributed by atoms with Crippen LogP contribution < -0.4 is 9.47 Å². The Morgan fingerprint density at radius 1 is 1.04 bits per heavy atom. The van der Waals surface area contributed by atoms with Gasteiger partial charge < -0.3 is 9.47 Å². The van der Waals surface area contributed by atoms with E-state index in [1.54, 1.807) is 18.9 Å². The highest BCUT2D eigenvalue weighted by atomic mass is 32.2. The van der Waals surface area contributed by atoms with E-state index >= 15 is 0 Å². The third kappa shape index (κ3) is 3.42. The van der Waals surface area contributed by atoms with Crippen LogP contribution in [0, 0.1) is 6.92 Å². The summed E-state index contributed by atoms with van der Waals surface area (Å²) in [6, 6.07) is 16.2. The summed E-state index contributed by atoms with van der Waals surface area (Å²) in [5.74, 6) is 1.45. The third-order valence-corrected chi connectivity index (χ3v) is 4.35. The molecule has 0 aliphatic rings. The summed E-state index contributed by atoms with van der Waals surface area (Å²) < 4.78 is 11.5. The monoisotopic (exact) mass is 325 g/mol. The average molecular weight is 325 g/mol. The number of hydrogen-bond acceptors (Lipinski definition) is 4. The maximum atomic E-state index is 5.98. The van der Waals surface area contributed by atoms with Gasteiger partial charge in [-0.15, -0.1) is 11.8 Å². The zero-order valence-electron chi connectivity index (χ0n) is 13.5. The van der Waals surface area contributed by atoms with Crippen molar-refractivity contribution in [1.82, 2.24) is 4.98 Å². The molecule has 2 aromatic carbocycles. The first-order chi connectivity index (χ1) is 11.2. The number of aromatic nitrogens is 1. The lowest BCUT2D eigenvalue weighted by Crippen LogP contribution is -1.98. The molecule has 0 saturated carbocycles. The van der Waals surface area contributed by atoms with Gasteiger partial charge in [-0.1, -0.05) is 30.3 Å². The normalized spacial score (nSPS) is 10.7. The fourth-order valence-corrected chi connectivity index (χ4v) is 2.97. The first-order valence-electron chi connectivity index (χ1n) is 7.41. The first-order valence-corrected chi connectivity index (χ1v) is 8.64. The van der Waals surface area contributed by atoms with Crippen LogP contribution in [-0.2, 0) is 6.61 Å². The van der Waals surface area contributed by atoms with Crippen LogP contribution in [0.3, 0.4) is 0 Å². The van der Waals surface area contributed by atoms with E-state index in [2.05, 4.69) is 18.0 Å². The summed E-state index contributed by atoms with van der Waals surface area (Å²) in [6.07, 6.45) is 2.03. The molecule has 0 unspecified atom stereocenters. The maximum Gasteiger partial charge on any atom is 0.162 e. The first kappa shape index (κ1) is 15.7. The van der Waals surface area contributed by atoms with Gasteiger partial charge in [0.1, 0.15) is 6.61 Å². The Kier molecular flexibility index (Phi) is 4.72. The van der Waals surface area contributed by atoms with E-state index in [-0.39, 0.29) is 0 Å². The molecule has 0 aliphatic carbocycles. The fourth-order valence-electron chi connectivity index (χ4n) is 2.48. The van der Waals surface area contributed by atoms with Gasteiger partial charge in [0, 0.05) is 11.5 Å². The van der Waals surface area contributed by atoms with Gasteiger partial charge in [0.2, 0.25) is 0 Å². The number of thioether (sulfide) groups is 1. The molecule has 3 aromatic rings. The second-order valence-electron chi connectivity index (χ2n) is 5.28. The van der Waals surface area contributed by atoms with Crippen molar-refractivity contribution < 1.29 is 9.47 Å². The number of ether oxygens (including phenoxy) is 2. The number of pyridine rings is 1. The molecule has 0 aliphatic heterocycles. The molecule has 0 fully saturated rings. The molecule has 1 aromatic heterocycles. The van der Waals surface area contributed by atoms with Crippen molar-refractivity contribution in [2.24, 2.45) is 0 Å². The van der Waals surface area contributed by atoms with Crippen molar-refractivity contribution in [3.8, 4) is 11.5 Å². The minimum atomic E-state index is 0.512. The van der Waals surface area contributed by atoms with Crippen molar-refractivity contribution in [2.45, 2.75) is 18.6 Å². The molecular formula is C19H19NO2S. The SMILES string of the molecule is COc1cc2nc(SC)cc(C)c2cc1OCc1ccccc1. The third-order valence-electron chi connectivity index (χ3n) is 3.72. The molecule has 4 heteroatoms. The summed E-state index contributed by atoms with van der Waals surface area (Å²) in [4.78, 5) is 4.65. The van der Waals surface area contributed by atoms with Gasteiger partial charge in [0.05, 0.1) is 17.7 Å². The molecule has 0 saturated heterocycles. The topological polar surface area (TPSA) is 31.4 Å². The van der Waals surface area contributed by atoms with Crippen LogP contribution in [0.1, 0.15) is 11.1 Å². The van der Waals surface area contributed by atoms with Gasteiger partial charge in [0.25, 0.3) is 0 Å². The van der Waals surface area contributed by atoms with E-state index in [0.717, 1.165) is 27.2 Å². The van der Waals surface area contributed by atoms with Crippen LogP contribution in [0.15, 0.2) is 53.6 Å². The van der Waals surface area contributed by atoms with Crippen molar-refractivity contribution in [3.63, 3.8) is 0 Å². The molecule has 0 bridgehead atoms. The molecule has 3 rings (SSSR count). The van der Waals surface area contributed by atoms with Gasteiger partial charge in [-0.2, -0.15) is 0 Å². The van der Waals surface area contributed by atoms with E-state index < -0.39 is 0 Å². The molecule has 0 atom stereocenters. The van der Waals surface area contributed by atoms with E-state index in [0.29, 0.717) is 12.4 Å². The molecule has 0 radical (unpaired) electrons. The minimum Gasteiger partial charge on any atom is -0.493 e. The Bertz CT molecular complexity index is 818. The molecule has 3 nitrogen and oxygen atoms in total. The number of fused-ring (bicyclic) bond motifs is 1. The highest BCUT2D eigenvalue weighted by molar-refractivity contribution is 7.98. The van der Waals surface area contributed by atoms with Crippen LogP contribution in [0.5, 0.6) is 11.5 Å². The predicted molar refractivity (Wildman–Crippen MR) is 95.6 cm³/mol. The second kappa shape index (κ2) is 6.92. The van der Waals surface area contributed by atoms with E-state index in [1.807, 2.05) is 48.7 Å². The molecule has 23 heavy (non-hydrogen) atoms. The molecular weight excluding hydrogens is 306 g/mol. The van der Waals surface area contributed by atoms with Gasteiger partial charge in [-0.25, -0.2) is 4.98 Å². The molecule has 0 spiro atoms. The van der Waals surface area contributed by atoms with Crippen LogP contribution in [-0.4, -0.2) is 18.3 Å². The standard InChI is InChI=1S/C19H19NO2S/c1-13-9-19(23-3)20-16-11-17(21-2)18(10-15(13)16)22-12-14-7-5-4-6-8-14/h4-11H,12H2,1-3H3. The van der Waals surface area contributed by atoms with Crippen molar-refractivity contribution in [1.29, 1.82) is 0 Å². The lowest BCUT2D eigenvalue weighted by atomic mass is 10.1. The zero-order chi connectivity index (χ0) is 16.2. The van der Waals surface area contributed by atoms with E-state index in [4.69, 9.17) is 9.47 Å². The molecule has 0 amide bonds. The summed E-state index contributed by atoms with van der Waals surface area (Å²) in [5.41, 5.74) is 3.24. The Labute approximate surface area is 140 Å². The average Bonchev–Trinajstić information content (AvgIpc) is 2.60. The Morgan fingerprint density at radius 2 is 1.83 bits per heavy atom. The molecule has 118 valence electrons. The van der Waals surface area contributed by atoms with Gasteiger partial charge in [-0.3, -0.25) is 0 Å². The van der Waals surface area contributed by atoms with Gasteiger partial charge >= 0.3 is 0 Å². The summed E-state index contributed by atoms with van der Waals surface area (Å²) >= 11 is 1.64. The van der Waals surface area contributed by atoms with Crippen LogP contribution in [0.25, 0.3) is 10.9 Å². The number of benzene rings is 2. The van der Waals surface area contributed by atoms with E-state index in [1.165, 1.54) is 5.56 Å². The number of methoxy groups -OCH3 is 1. The lowest BCUT2D eigenvalue weighted by molar-refractivity contribution is 0.285. The van der Waals surface area contributed by atoms with Crippen molar-refractivity contribution in [3.05, 3.63) is 59.7 Å². The Balaban J connectivity index is 1.97. The molecule has 0 N–H and O–H groups in total. The van der Waals surface area contributed by atoms with Crippen molar-refractivity contribution in [2.75, 3.05) is 13.4 Å². The zero-order valence-corrected chi connectivity index (χ0v) is 14.3. The van der Waals surface area contributed by atoms with Crippen molar-refractivity contribution >= 4 is 22.7 Å². The van der Waals surface area contributed by atoms with Gasteiger partial charge in [0.15, 0.2) is 11.5 Å². The summed E-state index contributed by atoms with van der Waals surface area (Å²) in [7, 11) is 1.65. The summed E-state index contributed by atoms with van der Waals surface area (Å²) in [5, 5.41) is 2.10. The number of nitrogens with zero attached hydrogens (tertiary/aromatic N) is 1. The quantitative estimate of drug-likeness (QED) is 0.627. The predicted octanol–water partition coefficient (Wildman–Crippen LogP) is 4.85. The van der Waals surface area contributed by atoms with E-state index in [9.17, 15) is 0 Å². The Morgan fingerprint density at radius 3 is 2.52 bits per heavy atom. The van der Waals surface area contributed by atoms with Gasteiger partial charge in [-0.05, 0) is 36.4 Å². The minimum absolute atomic E-state index is 0.512. The maximum absolute atomic E-state index is 5.98. The number of aryl methyl sites for hydroxylation is 1.